The van der Waals surface area contributed by atoms with Crippen LogP contribution in [0.2, 0.25) is 0 Å². The van der Waals surface area contributed by atoms with Gasteiger partial charge in [-0.25, -0.2) is 0 Å². The number of nitrogens with two attached hydrogens (primary N) is 1. The Labute approximate surface area is 154 Å². The highest BCUT2D eigenvalue weighted by Gasteiger charge is 2.25. The third-order valence-electron chi connectivity index (χ3n) is 3.87. The van der Waals surface area contributed by atoms with Crippen LogP contribution >= 0.6 is 15.9 Å². The van der Waals surface area contributed by atoms with Crippen molar-refractivity contribution >= 4 is 27.7 Å². The quantitative estimate of drug-likeness (QED) is 0.700. The summed E-state index contributed by atoms with van der Waals surface area (Å²) in [5, 5.41) is 2.62. The number of hydrogen-bond acceptors (Lipinski definition) is 4. The van der Waals surface area contributed by atoms with Crippen molar-refractivity contribution in [2.45, 2.75) is 32.9 Å². The van der Waals surface area contributed by atoms with Gasteiger partial charge in [0.2, 0.25) is 5.91 Å². The van der Waals surface area contributed by atoms with E-state index < -0.39 is 17.9 Å². The Kier molecular flexibility index (Phi) is 6.64. The molecule has 1 aromatic carbocycles. The summed E-state index contributed by atoms with van der Waals surface area (Å²) < 4.78 is 12.0. The molecule has 25 heavy (non-hydrogen) atoms. The van der Waals surface area contributed by atoms with Gasteiger partial charge in [0.25, 0.3) is 5.91 Å². The van der Waals surface area contributed by atoms with Crippen molar-refractivity contribution in [3.63, 3.8) is 0 Å². The van der Waals surface area contributed by atoms with Crippen molar-refractivity contribution in [1.82, 2.24) is 5.32 Å². The van der Waals surface area contributed by atoms with E-state index in [1.807, 2.05) is 38.1 Å². The molecule has 2 aromatic rings. The van der Waals surface area contributed by atoms with Crippen molar-refractivity contribution in [3.05, 3.63) is 52.4 Å². The molecule has 0 radical (unpaired) electrons. The fourth-order valence-electron chi connectivity index (χ4n) is 2.23. The number of amides is 2. The molecule has 0 aliphatic rings. The van der Waals surface area contributed by atoms with Gasteiger partial charge in [-0.1, -0.05) is 42.3 Å². The maximum atomic E-state index is 12.3. The maximum Gasteiger partial charge on any atom is 0.287 e. The molecule has 2 amide bonds. The molecule has 0 fully saturated rings. The smallest absolute Gasteiger partial charge is 0.287 e. The van der Waals surface area contributed by atoms with Gasteiger partial charge in [-0.15, -0.1) is 0 Å². The summed E-state index contributed by atoms with van der Waals surface area (Å²) in [4.78, 5) is 23.8. The van der Waals surface area contributed by atoms with Crippen molar-refractivity contribution in [1.29, 1.82) is 0 Å². The largest absolute Gasteiger partial charge is 0.486 e. The number of benzene rings is 1. The minimum atomic E-state index is -0.732. The average Bonchev–Trinajstić information content (AvgIpc) is 3.06. The van der Waals surface area contributed by atoms with Crippen LogP contribution in [-0.2, 0) is 11.4 Å². The summed E-state index contributed by atoms with van der Waals surface area (Å²) in [7, 11) is 0. The van der Waals surface area contributed by atoms with Gasteiger partial charge in [-0.2, -0.15) is 0 Å². The van der Waals surface area contributed by atoms with Gasteiger partial charge in [0.1, 0.15) is 24.2 Å². The Morgan fingerprint density at radius 2 is 2.08 bits per heavy atom. The number of carbonyl (C=O) groups is 2. The first-order valence-electron chi connectivity index (χ1n) is 7.98. The van der Waals surface area contributed by atoms with E-state index in [4.69, 9.17) is 14.9 Å². The Morgan fingerprint density at radius 1 is 1.32 bits per heavy atom. The van der Waals surface area contributed by atoms with Gasteiger partial charge >= 0.3 is 0 Å². The summed E-state index contributed by atoms with van der Waals surface area (Å²) in [5.41, 5.74) is 5.36. The first kappa shape index (κ1) is 19.1. The summed E-state index contributed by atoms with van der Waals surface area (Å²) in [6.45, 7) is 3.97. The SMILES string of the molecule is CCC(C)C(NC(=O)c1ccc(COc2cccc(Br)c2)o1)C(N)=O. The van der Waals surface area contributed by atoms with Crippen LogP contribution in [0.4, 0.5) is 0 Å². The van der Waals surface area contributed by atoms with Crippen LogP contribution in [0, 0.1) is 5.92 Å². The van der Waals surface area contributed by atoms with E-state index in [2.05, 4.69) is 21.2 Å². The third-order valence-corrected chi connectivity index (χ3v) is 4.36. The molecule has 134 valence electrons. The van der Waals surface area contributed by atoms with Crippen LogP contribution in [-0.4, -0.2) is 17.9 Å². The van der Waals surface area contributed by atoms with E-state index in [1.165, 1.54) is 0 Å². The molecule has 1 heterocycles. The highest BCUT2D eigenvalue weighted by molar-refractivity contribution is 9.10. The van der Waals surface area contributed by atoms with Crippen LogP contribution < -0.4 is 15.8 Å². The third kappa shape index (κ3) is 5.35. The highest BCUT2D eigenvalue weighted by atomic mass is 79.9. The van der Waals surface area contributed by atoms with Crippen molar-refractivity contribution in [2.24, 2.45) is 11.7 Å². The van der Waals surface area contributed by atoms with Gasteiger partial charge < -0.3 is 20.2 Å². The fourth-order valence-corrected chi connectivity index (χ4v) is 2.61. The molecule has 0 spiro atoms. The van der Waals surface area contributed by atoms with E-state index in [9.17, 15) is 9.59 Å². The molecule has 2 rings (SSSR count). The number of halogens is 1. The first-order valence-corrected chi connectivity index (χ1v) is 8.77. The van der Waals surface area contributed by atoms with Crippen LogP contribution in [0.5, 0.6) is 5.75 Å². The Bertz CT molecular complexity index is 744. The monoisotopic (exact) mass is 408 g/mol. The molecule has 0 aliphatic carbocycles. The zero-order valence-electron chi connectivity index (χ0n) is 14.1. The lowest BCUT2D eigenvalue weighted by Gasteiger charge is -2.20. The normalized spacial score (nSPS) is 13.1. The first-order chi connectivity index (χ1) is 11.9. The van der Waals surface area contributed by atoms with E-state index >= 15 is 0 Å². The summed E-state index contributed by atoms with van der Waals surface area (Å²) in [6, 6.07) is 9.89. The average molecular weight is 409 g/mol. The molecule has 3 N–H and O–H groups in total. The molecule has 2 unspecified atom stereocenters. The van der Waals surface area contributed by atoms with E-state index in [0.717, 1.165) is 10.9 Å². The summed E-state index contributed by atoms with van der Waals surface area (Å²) in [6.07, 6.45) is 0.720. The Morgan fingerprint density at radius 3 is 2.72 bits per heavy atom. The molecule has 7 heteroatoms. The molecule has 0 aliphatic heterocycles. The van der Waals surface area contributed by atoms with Gasteiger partial charge in [0.15, 0.2) is 5.76 Å². The fraction of sp³-hybridized carbons (Fsp3) is 0.333. The molecule has 0 bridgehead atoms. The summed E-state index contributed by atoms with van der Waals surface area (Å²) >= 11 is 3.37. The van der Waals surface area contributed by atoms with Gasteiger partial charge in [0, 0.05) is 4.47 Å². The number of carbonyl (C=O) groups excluding carboxylic acids is 2. The van der Waals surface area contributed by atoms with Crippen molar-refractivity contribution < 1.29 is 18.7 Å². The molecule has 0 saturated carbocycles. The predicted molar refractivity (Wildman–Crippen MR) is 97.1 cm³/mol. The highest BCUT2D eigenvalue weighted by Crippen LogP contribution is 2.19. The molecule has 0 saturated heterocycles. The topological polar surface area (TPSA) is 94.6 Å². The number of rotatable bonds is 8. The van der Waals surface area contributed by atoms with E-state index in [1.54, 1.807) is 12.1 Å². The predicted octanol–water partition coefficient (Wildman–Crippen LogP) is 3.25. The Balaban J connectivity index is 1.97. The van der Waals surface area contributed by atoms with Gasteiger partial charge in [-0.05, 0) is 36.2 Å². The number of hydrogen-bond donors (Lipinski definition) is 2. The lowest BCUT2D eigenvalue weighted by atomic mass is 9.98. The molecule has 1 aromatic heterocycles. The number of furan rings is 1. The molecule has 2 atom stereocenters. The van der Waals surface area contributed by atoms with E-state index in [-0.39, 0.29) is 18.3 Å². The summed E-state index contributed by atoms with van der Waals surface area (Å²) in [5.74, 6) is 0.204. The number of primary amides is 1. The molecule has 6 nitrogen and oxygen atoms in total. The van der Waals surface area contributed by atoms with Crippen LogP contribution in [0.3, 0.4) is 0 Å². The van der Waals surface area contributed by atoms with Crippen LogP contribution in [0.1, 0.15) is 36.6 Å². The second kappa shape index (κ2) is 8.71. The van der Waals surface area contributed by atoms with Crippen LogP contribution in [0.15, 0.2) is 45.3 Å². The van der Waals surface area contributed by atoms with Crippen LogP contribution in [0.25, 0.3) is 0 Å². The number of nitrogens with one attached hydrogen (secondary N) is 1. The Hall–Kier alpha value is -2.28. The van der Waals surface area contributed by atoms with Crippen molar-refractivity contribution in [2.75, 3.05) is 0 Å². The maximum absolute atomic E-state index is 12.3. The zero-order valence-corrected chi connectivity index (χ0v) is 15.7. The number of ether oxygens (including phenoxy) is 1. The molecular formula is C18H21BrN2O4. The minimum absolute atomic E-state index is 0.0595. The zero-order chi connectivity index (χ0) is 18.4. The lowest BCUT2D eigenvalue weighted by Crippen LogP contribution is -2.48. The molecular weight excluding hydrogens is 388 g/mol. The second-order valence-electron chi connectivity index (χ2n) is 5.75. The minimum Gasteiger partial charge on any atom is -0.486 e. The van der Waals surface area contributed by atoms with Crippen molar-refractivity contribution in [3.8, 4) is 5.75 Å². The standard InChI is InChI=1S/C18H21BrN2O4/c1-3-11(2)16(17(20)22)21-18(23)15-8-7-14(25-15)10-24-13-6-4-5-12(19)9-13/h4-9,11,16H,3,10H2,1-2H3,(H2,20,22)(H,21,23). The second-order valence-corrected chi connectivity index (χ2v) is 6.67. The lowest BCUT2D eigenvalue weighted by molar-refractivity contribution is -0.120. The van der Waals surface area contributed by atoms with Gasteiger partial charge in [-0.3, -0.25) is 9.59 Å². The van der Waals surface area contributed by atoms with Gasteiger partial charge in [0.05, 0.1) is 0 Å². The van der Waals surface area contributed by atoms with E-state index in [0.29, 0.717) is 11.5 Å².